The minimum Gasteiger partial charge on any atom is -0.339 e. The standard InChI is InChI=1S/C13H10F2N4O/c1-12(5-16)13(20-12,6-19-8-17-7-18-19)10-4-9(14)2-3-11(10)15/h2-4,7-8H,6H2,1H3/t12-,13+/m1/s1. The highest BCUT2D eigenvalue weighted by atomic mass is 19.1. The Bertz CT molecular complexity index is 697. The van der Waals surface area contributed by atoms with Crippen LogP contribution in [0.1, 0.15) is 12.5 Å². The van der Waals surface area contributed by atoms with Crippen LogP contribution in [-0.4, -0.2) is 20.4 Å². The van der Waals surface area contributed by atoms with Gasteiger partial charge in [0.05, 0.1) is 6.54 Å². The molecular formula is C13H10F2N4O. The predicted molar refractivity (Wildman–Crippen MR) is 63.2 cm³/mol. The van der Waals surface area contributed by atoms with E-state index >= 15 is 0 Å². The van der Waals surface area contributed by atoms with Gasteiger partial charge in [-0.05, 0) is 25.1 Å². The van der Waals surface area contributed by atoms with Crippen molar-refractivity contribution in [3.63, 3.8) is 0 Å². The molecule has 5 nitrogen and oxygen atoms in total. The van der Waals surface area contributed by atoms with Crippen LogP contribution < -0.4 is 0 Å². The molecule has 1 aromatic heterocycles. The lowest BCUT2D eigenvalue weighted by Crippen LogP contribution is -2.27. The maximum Gasteiger partial charge on any atom is 0.187 e. The van der Waals surface area contributed by atoms with Crippen molar-refractivity contribution in [2.45, 2.75) is 24.7 Å². The van der Waals surface area contributed by atoms with Crippen LogP contribution >= 0.6 is 0 Å². The molecule has 1 aliphatic rings. The summed E-state index contributed by atoms with van der Waals surface area (Å²) in [6.07, 6.45) is 2.75. The molecule has 1 aromatic carbocycles. The number of nitrogens with zero attached hydrogens (tertiary/aromatic N) is 4. The van der Waals surface area contributed by atoms with E-state index in [1.165, 1.54) is 24.3 Å². The van der Waals surface area contributed by atoms with Gasteiger partial charge in [-0.25, -0.2) is 18.4 Å². The monoisotopic (exact) mass is 276 g/mol. The van der Waals surface area contributed by atoms with Gasteiger partial charge >= 0.3 is 0 Å². The molecular weight excluding hydrogens is 266 g/mol. The molecule has 0 unspecified atom stereocenters. The average molecular weight is 276 g/mol. The Hall–Kier alpha value is -2.33. The number of rotatable bonds is 3. The van der Waals surface area contributed by atoms with E-state index < -0.39 is 22.8 Å². The Labute approximate surface area is 113 Å². The van der Waals surface area contributed by atoms with E-state index in [9.17, 15) is 14.0 Å². The van der Waals surface area contributed by atoms with E-state index in [0.29, 0.717) is 0 Å². The first-order valence-corrected chi connectivity index (χ1v) is 5.90. The SMILES string of the molecule is C[C@]1(C#N)O[C@@]1(Cn1cncn1)c1cc(F)ccc1F. The Morgan fingerprint density at radius 2 is 2.25 bits per heavy atom. The Balaban J connectivity index is 2.09. The molecule has 2 heterocycles. The fourth-order valence-electron chi connectivity index (χ4n) is 2.37. The number of ether oxygens (including phenoxy) is 1. The van der Waals surface area contributed by atoms with Gasteiger partial charge in [-0.3, -0.25) is 0 Å². The van der Waals surface area contributed by atoms with Gasteiger partial charge in [0.15, 0.2) is 11.2 Å². The molecule has 0 N–H and O–H groups in total. The Morgan fingerprint density at radius 1 is 1.45 bits per heavy atom. The smallest absolute Gasteiger partial charge is 0.187 e. The highest BCUT2D eigenvalue weighted by Gasteiger charge is 2.70. The van der Waals surface area contributed by atoms with Gasteiger partial charge in [-0.15, -0.1) is 0 Å². The molecule has 20 heavy (non-hydrogen) atoms. The molecule has 0 amide bonds. The first kappa shape index (κ1) is 12.7. The van der Waals surface area contributed by atoms with Gasteiger partial charge in [0.2, 0.25) is 0 Å². The molecule has 0 aliphatic carbocycles. The molecule has 1 aliphatic heterocycles. The van der Waals surface area contributed by atoms with E-state index in [1.807, 2.05) is 6.07 Å². The summed E-state index contributed by atoms with van der Waals surface area (Å²) in [5, 5.41) is 13.1. The van der Waals surface area contributed by atoms with Gasteiger partial charge < -0.3 is 4.74 Å². The summed E-state index contributed by atoms with van der Waals surface area (Å²) >= 11 is 0. The van der Waals surface area contributed by atoms with Crippen molar-refractivity contribution in [3.05, 3.63) is 48.1 Å². The largest absolute Gasteiger partial charge is 0.339 e. The molecule has 0 spiro atoms. The van der Waals surface area contributed by atoms with Crippen molar-refractivity contribution in [3.8, 4) is 6.07 Å². The number of aromatic nitrogens is 3. The fourth-order valence-corrected chi connectivity index (χ4v) is 2.37. The van der Waals surface area contributed by atoms with Crippen LogP contribution in [-0.2, 0) is 16.9 Å². The summed E-state index contributed by atoms with van der Waals surface area (Å²) in [5.74, 6) is -1.21. The van der Waals surface area contributed by atoms with Crippen LogP contribution in [0.25, 0.3) is 0 Å². The van der Waals surface area contributed by atoms with Gasteiger partial charge in [0, 0.05) is 5.56 Å². The number of epoxide rings is 1. The highest BCUT2D eigenvalue weighted by Crippen LogP contribution is 2.57. The quantitative estimate of drug-likeness (QED) is 0.801. The van der Waals surface area contributed by atoms with E-state index in [1.54, 1.807) is 0 Å². The maximum absolute atomic E-state index is 14.0. The number of benzene rings is 1. The summed E-state index contributed by atoms with van der Waals surface area (Å²) in [5.41, 5.74) is -2.48. The maximum atomic E-state index is 14.0. The van der Waals surface area contributed by atoms with Crippen LogP contribution in [0.3, 0.4) is 0 Å². The third kappa shape index (κ3) is 1.69. The first-order valence-electron chi connectivity index (χ1n) is 5.90. The van der Waals surface area contributed by atoms with E-state index in [4.69, 9.17) is 4.74 Å². The summed E-state index contributed by atoms with van der Waals surface area (Å²) in [6.45, 7) is 1.62. The molecule has 102 valence electrons. The summed E-state index contributed by atoms with van der Waals surface area (Å²) in [6, 6.07) is 5.08. The van der Waals surface area contributed by atoms with Crippen molar-refractivity contribution >= 4 is 0 Å². The van der Waals surface area contributed by atoms with Crippen molar-refractivity contribution in [2.24, 2.45) is 0 Å². The second kappa shape index (κ2) is 4.08. The van der Waals surface area contributed by atoms with Crippen molar-refractivity contribution < 1.29 is 13.5 Å². The lowest BCUT2D eigenvalue weighted by molar-refractivity contribution is 0.251. The van der Waals surface area contributed by atoms with E-state index in [-0.39, 0.29) is 12.1 Å². The third-order valence-electron chi connectivity index (χ3n) is 3.54. The fraction of sp³-hybridized carbons (Fsp3) is 0.308. The molecule has 7 heteroatoms. The summed E-state index contributed by atoms with van der Waals surface area (Å²) < 4.78 is 34.3. The van der Waals surface area contributed by atoms with Crippen LogP contribution in [0.4, 0.5) is 8.78 Å². The number of halogens is 2. The topological polar surface area (TPSA) is 67.0 Å². The molecule has 1 fully saturated rings. The first-order chi connectivity index (χ1) is 9.51. The zero-order chi connectivity index (χ0) is 14.4. The van der Waals surface area contributed by atoms with Crippen LogP contribution in [0.2, 0.25) is 0 Å². The molecule has 2 atom stereocenters. The minimum atomic E-state index is -1.26. The van der Waals surface area contributed by atoms with Crippen LogP contribution in [0, 0.1) is 23.0 Å². The number of nitriles is 1. The molecule has 1 saturated heterocycles. The van der Waals surface area contributed by atoms with Gasteiger partial charge in [-0.1, -0.05) is 0 Å². The normalized spacial score (nSPS) is 28.1. The van der Waals surface area contributed by atoms with Crippen molar-refractivity contribution in [1.29, 1.82) is 5.26 Å². The zero-order valence-electron chi connectivity index (χ0n) is 10.5. The van der Waals surface area contributed by atoms with E-state index in [2.05, 4.69) is 10.1 Å². The Kier molecular flexibility index (Phi) is 2.59. The number of hydrogen-bond donors (Lipinski definition) is 0. The molecule has 0 saturated carbocycles. The lowest BCUT2D eigenvalue weighted by Gasteiger charge is -2.15. The van der Waals surface area contributed by atoms with Crippen molar-refractivity contribution in [1.82, 2.24) is 14.8 Å². The average Bonchev–Trinajstić information content (AvgIpc) is 2.77. The lowest BCUT2D eigenvalue weighted by atomic mass is 9.87. The molecule has 0 bridgehead atoms. The van der Waals surface area contributed by atoms with Gasteiger partial charge in [0.25, 0.3) is 0 Å². The van der Waals surface area contributed by atoms with Crippen LogP contribution in [0.15, 0.2) is 30.9 Å². The van der Waals surface area contributed by atoms with Crippen LogP contribution in [0.5, 0.6) is 0 Å². The molecule has 3 rings (SSSR count). The second-order valence-electron chi connectivity index (χ2n) is 4.79. The van der Waals surface area contributed by atoms with Crippen molar-refractivity contribution in [2.75, 3.05) is 0 Å². The van der Waals surface area contributed by atoms with Gasteiger partial charge in [0.1, 0.15) is 30.4 Å². The second-order valence-corrected chi connectivity index (χ2v) is 4.79. The zero-order valence-corrected chi connectivity index (χ0v) is 10.5. The predicted octanol–water partition coefficient (Wildman–Crippen LogP) is 1.76. The highest BCUT2D eigenvalue weighted by molar-refractivity contribution is 5.39. The third-order valence-corrected chi connectivity index (χ3v) is 3.54. The number of hydrogen-bond acceptors (Lipinski definition) is 4. The minimum absolute atomic E-state index is 0.0112. The molecule has 0 radical (unpaired) electrons. The summed E-state index contributed by atoms with van der Waals surface area (Å²) in [4.78, 5) is 3.79. The van der Waals surface area contributed by atoms with Gasteiger partial charge in [-0.2, -0.15) is 10.4 Å². The van der Waals surface area contributed by atoms with E-state index in [0.717, 1.165) is 18.2 Å². The molecule has 2 aromatic rings. The summed E-state index contributed by atoms with van der Waals surface area (Å²) in [7, 11) is 0. The Morgan fingerprint density at radius 3 is 2.85 bits per heavy atom.